The van der Waals surface area contributed by atoms with Gasteiger partial charge in [-0.25, -0.2) is 4.98 Å². The highest BCUT2D eigenvalue weighted by molar-refractivity contribution is 7.13. The van der Waals surface area contributed by atoms with Crippen molar-refractivity contribution in [3.63, 3.8) is 0 Å². The first-order valence-electron chi connectivity index (χ1n) is 10.2. The quantitative estimate of drug-likeness (QED) is 0.653. The van der Waals surface area contributed by atoms with Gasteiger partial charge in [0.15, 0.2) is 5.76 Å². The van der Waals surface area contributed by atoms with E-state index < -0.39 is 0 Å². The van der Waals surface area contributed by atoms with Crippen LogP contribution in [-0.4, -0.2) is 40.8 Å². The Labute approximate surface area is 179 Å². The van der Waals surface area contributed by atoms with Crippen LogP contribution in [0, 0.1) is 0 Å². The van der Waals surface area contributed by atoms with Crippen molar-refractivity contribution in [2.75, 3.05) is 13.1 Å². The molecule has 0 bridgehead atoms. The van der Waals surface area contributed by atoms with Gasteiger partial charge in [0.2, 0.25) is 0 Å². The highest BCUT2D eigenvalue weighted by Gasteiger charge is 2.26. The molecule has 156 valence electrons. The van der Waals surface area contributed by atoms with Crippen LogP contribution in [0.4, 0.5) is 0 Å². The predicted molar refractivity (Wildman–Crippen MR) is 117 cm³/mol. The van der Waals surface area contributed by atoms with E-state index in [1.165, 1.54) is 23.2 Å². The second kappa shape index (κ2) is 8.83. The Bertz CT molecular complexity index is 1000. The average Bonchev–Trinajstić information content (AvgIpc) is 3.46. The topological polar surface area (TPSA) is 75.4 Å². The Hall–Kier alpha value is -2.93. The molecule has 3 aromatic rings. The van der Waals surface area contributed by atoms with Gasteiger partial charge in [-0.1, -0.05) is 38.1 Å². The first kappa shape index (κ1) is 20.3. The van der Waals surface area contributed by atoms with Gasteiger partial charge < -0.3 is 14.6 Å². The first-order valence-corrected chi connectivity index (χ1v) is 11.1. The number of nitrogens with one attached hydrogen (secondary N) is 1. The maximum atomic E-state index is 12.6. The lowest BCUT2D eigenvalue weighted by molar-refractivity contribution is 0.0667. The molecule has 1 aromatic carbocycles. The number of amides is 2. The van der Waals surface area contributed by atoms with Gasteiger partial charge >= 0.3 is 0 Å². The number of carbonyl (C=O) groups is 2. The lowest BCUT2D eigenvalue weighted by Gasteiger charge is -2.31. The lowest BCUT2D eigenvalue weighted by Crippen LogP contribution is -2.46. The van der Waals surface area contributed by atoms with Gasteiger partial charge in [0.1, 0.15) is 10.7 Å². The molecule has 1 N–H and O–H groups in total. The molecule has 6 nitrogen and oxygen atoms in total. The normalized spacial score (nSPS) is 14.8. The third-order valence-electron chi connectivity index (χ3n) is 5.41. The summed E-state index contributed by atoms with van der Waals surface area (Å²) in [5.74, 6) is 0.580. The molecule has 1 fully saturated rings. The van der Waals surface area contributed by atoms with Crippen LogP contribution in [-0.2, 0) is 0 Å². The van der Waals surface area contributed by atoms with Crippen LogP contribution < -0.4 is 5.32 Å². The summed E-state index contributed by atoms with van der Waals surface area (Å²) < 4.78 is 5.19. The van der Waals surface area contributed by atoms with Gasteiger partial charge in [0, 0.05) is 30.1 Å². The van der Waals surface area contributed by atoms with E-state index >= 15 is 0 Å². The fourth-order valence-corrected chi connectivity index (χ4v) is 4.37. The van der Waals surface area contributed by atoms with E-state index in [-0.39, 0.29) is 17.9 Å². The minimum absolute atomic E-state index is 0.0358. The largest absolute Gasteiger partial charge is 0.459 e. The van der Waals surface area contributed by atoms with Crippen LogP contribution in [0.25, 0.3) is 10.6 Å². The molecule has 1 saturated heterocycles. The van der Waals surface area contributed by atoms with Crippen LogP contribution in [0.1, 0.15) is 59.2 Å². The zero-order chi connectivity index (χ0) is 21.1. The molecule has 4 rings (SSSR count). The number of carbonyl (C=O) groups excluding carboxylic acids is 2. The van der Waals surface area contributed by atoms with Crippen molar-refractivity contribution in [1.82, 2.24) is 15.2 Å². The van der Waals surface area contributed by atoms with Crippen LogP contribution >= 0.6 is 11.3 Å². The summed E-state index contributed by atoms with van der Waals surface area (Å²) in [5, 5.41) is 5.71. The first-order chi connectivity index (χ1) is 14.5. The van der Waals surface area contributed by atoms with E-state index in [2.05, 4.69) is 48.4 Å². The summed E-state index contributed by atoms with van der Waals surface area (Å²) in [5.41, 5.74) is 2.75. The van der Waals surface area contributed by atoms with Gasteiger partial charge in [-0.05, 0) is 36.5 Å². The molecule has 3 heterocycles. The third-order valence-corrected chi connectivity index (χ3v) is 6.30. The number of rotatable bonds is 5. The molecule has 0 spiro atoms. The van der Waals surface area contributed by atoms with E-state index in [0.29, 0.717) is 43.3 Å². The van der Waals surface area contributed by atoms with Gasteiger partial charge in [-0.3, -0.25) is 9.59 Å². The fourth-order valence-electron chi connectivity index (χ4n) is 3.56. The predicted octanol–water partition coefficient (Wildman–Crippen LogP) is 4.56. The van der Waals surface area contributed by atoms with Crippen molar-refractivity contribution in [2.24, 2.45) is 0 Å². The van der Waals surface area contributed by atoms with Crippen LogP contribution in [0.5, 0.6) is 0 Å². The van der Waals surface area contributed by atoms with Crippen molar-refractivity contribution in [2.45, 2.75) is 38.6 Å². The molecule has 2 amide bonds. The summed E-state index contributed by atoms with van der Waals surface area (Å²) in [6, 6.07) is 11.8. The number of piperidine rings is 1. The van der Waals surface area contributed by atoms with Gasteiger partial charge in [-0.15, -0.1) is 11.3 Å². The number of likely N-dealkylation sites (tertiary alicyclic amines) is 1. The molecule has 1 aliphatic heterocycles. The number of hydrogen-bond donors (Lipinski definition) is 1. The molecule has 0 aliphatic carbocycles. The molecule has 1 aliphatic rings. The zero-order valence-electron chi connectivity index (χ0n) is 17.1. The standard InChI is InChI=1S/C23H25N3O3S/c1-15(2)16-5-7-17(8-6-16)22-25-19(14-30-22)21(27)24-18-9-11-26(12-10-18)23(28)20-4-3-13-29-20/h3-8,13-15,18H,9-12H2,1-2H3,(H,24,27). The SMILES string of the molecule is CC(C)c1ccc(-c2nc(C(=O)NC3CCN(C(=O)c4ccco4)CC3)cs2)cc1. The molecule has 7 heteroatoms. The molecule has 2 aromatic heterocycles. The number of nitrogens with zero attached hydrogens (tertiary/aromatic N) is 2. The highest BCUT2D eigenvalue weighted by Crippen LogP contribution is 2.26. The van der Waals surface area contributed by atoms with Crippen molar-refractivity contribution >= 4 is 23.2 Å². The summed E-state index contributed by atoms with van der Waals surface area (Å²) in [7, 11) is 0. The zero-order valence-corrected chi connectivity index (χ0v) is 17.9. The second-order valence-corrected chi connectivity index (χ2v) is 8.69. The Morgan fingerprint density at radius 2 is 1.90 bits per heavy atom. The maximum Gasteiger partial charge on any atom is 0.289 e. The van der Waals surface area contributed by atoms with E-state index in [1.807, 2.05) is 0 Å². The third kappa shape index (κ3) is 4.46. The monoisotopic (exact) mass is 423 g/mol. The van der Waals surface area contributed by atoms with Crippen LogP contribution in [0.15, 0.2) is 52.5 Å². The number of aromatic nitrogens is 1. The molecular weight excluding hydrogens is 398 g/mol. The Kier molecular flexibility index (Phi) is 5.99. The smallest absolute Gasteiger partial charge is 0.289 e. The molecule has 0 unspecified atom stereocenters. The summed E-state index contributed by atoms with van der Waals surface area (Å²) >= 11 is 1.47. The van der Waals surface area contributed by atoms with Gasteiger partial charge in [-0.2, -0.15) is 0 Å². The number of furan rings is 1. The average molecular weight is 424 g/mol. The second-order valence-electron chi connectivity index (χ2n) is 7.83. The Morgan fingerprint density at radius 3 is 2.53 bits per heavy atom. The summed E-state index contributed by atoms with van der Waals surface area (Å²) in [6.45, 7) is 5.51. The summed E-state index contributed by atoms with van der Waals surface area (Å²) in [6.07, 6.45) is 2.93. The number of benzene rings is 1. The molecule has 0 atom stereocenters. The summed E-state index contributed by atoms with van der Waals surface area (Å²) in [4.78, 5) is 31.3. The van der Waals surface area contributed by atoms with E-state index in [9.17, 15) is 9.59 Å². The van der Waals surface area contributed by atoms with Gasteiger partial charge in [0.25, 0.3) is 11.8 Å². The highest BCUT2D eigenvalue weighted by atomic mass is 32.1. The van der Waals surface area contributed by atoms with Crippen molar-refractivity contribution in [1.29, 1.82) is 0 Å². The van der Waals surface area contributed by atoms with Crippen LogP contribution in [0.3, 0.4) is 0 Å². The van der Waals surface area contributed by atoms with E-state index in [1.54, 1.807) is 22.4 Å². The minimum Gasteiger partial charge on any atom is -0.459 e. The Morgan fingerprint density at radius 1 is 1.17 bits per heavy atom. The Balaban J connectivity index is 1.32. The molecular formula is C23H25N3O3S. The van der Waals surface area contributed by atoms with Gasteiger partial charge in [0.05, 0.1) is 6.26 Å². The lowest BCUT2D eigenvalue weighted by atomic mass is 10.0. The van der Waals surface area contributed by atoms with Crippen molar-refractivity contribution in [3.8, 4) is 10.6 Å². The van der Waals surface area contributed by atoms with Crippen LogP contribution in [0.2, 0.25) is 0 Å². The number of thiazole rings is 1. The molecule has 0 saturated carbocycles. The van der Waals surface area contributed by atoms with Crippen molar-refractivity contribution < 1.29 is 14.0 Å². The van der Waals surface area contributed by atoms with E-state index in [4.69, 9.17) is 4.42 Å². The van der Waals surface area contributed by atoms with Crippen molar-refractivity contribution in [3.05, 3.63) is 65.1 Å². The molecule has 30 heavy (non-hydrogen) atoms. The fraction of sp³-hybridized carbons (Fsp3) is 0.348. The molecule has 0 radical (unpaired) electrons. The van der Waals surface area contributed by atoms with E-state index in [0.717, 1.165) is 10.6 Å². The maximum absolute atomic E-state index is 12.6. The minimum atomic E-state index is -0.160. The number of hydrogen-bond acceptors (Lipinski definition) is 5.